The highest BCUT2D eigenvalue weighted by Gasteiger charge is 2.12. The zero-order valence-electron chi connectivity index (χ0n) is 9.86. The van der Waals surface area contributed by atoms with Crippen molar-refractivity contribution < 1.29 is 14.3 Å². The smallest absolute Gasteiger partial charge is 0.171 e. The first-order valence-corrected chi connectivity index (χ1v) is 6.94. The number of ether oxygens (including phenoxy) is 2. The fourth-order valence-electron chi connectivity index (χ4n) is 1.36. The molecule has 0 amide bonds. The van der Waals surface area contributed by atoms with Crippen molar-refractivity contribution in [3.8, 4) is 11.5 Å². The second kappa shape index (κ2) is 7.45. The molecule has 0 atom stereocenters. The zero-order chi connectivity index (χ0) is 12.7. The zero-order valence-corrected chi connectivity index (χ0v) is 11.4. The Morgan fingerprint density at radius 3 is 2.82 bits per heavy atom. The third-order valence-electron chi connectivity index (χ3n) is 2.13. The normalized spacial score (nSPS) is 10.1. The summed E-state index contributed by atoms with van der Waals surface area (Å²) in [5, 5.41) is 0.459. The largest absolute Gasteiger partial charge is 0.493 e. The van der Waals surface area contributed by atoms with Gasteiger partial charge < -0.3 is 9.47 Å². The van der Waals surface area contributed by atoms with Crippen molar-refractivity contribution in [2.45, 2.75) is 6.42 Å². The van der Waals surface area contributed by atoms with Gasteiger partial charge in [0.25, 0.3) is 0 Å². The van der Waals surface area contributed by atoms with Crippen LogP contribution in [0.15, 0.2) is 12.1 Å². The van der Waals surface area contributed by atoms with Crippen LogP contribution in [0.5, 0.6) is 11.5 Å². The van der Waals surface area contributed by atoms with Crippen LogP contribution < -0.4 is 9.47 Å². The Bertz CT molecular complexity index is 382. The summed E-state index contributed by atoms with van der Waals surface area (Å²) in [5.74, 6) is 1.98. The summed E-state index contributed by atoms with van der Waals surface area (Å²) in [6.07, 6.45) is 3.68. The monoisotopic (exact) mass is 274 g/mol. The topological polar surface area (TPSA) is 35.5 Å². The predicted molar refractivity (Wildman–Crippen MR) is 71.9 cm³/mol. The van der Waals surface area contributed by atoms with Gasteiger partial charge in [-0.2, -0.15) is 11.8 Å². The summed E-state index contributed by atoms with van der Waals surface area (Å²) < 4.78 is 10.7. The maximum absolute atomic E-state index is 10.9. The van der Waals surface area contributed by atoms with E-state index in [2.05, 4.69) is 0 Å². The van der Waals surface area contributed by atoms with Crippen LogP contribution in [0.1, 0.15) is 16.8 Å². The Morgan fingerprint density at radius 1 is 1.47 bits per heavy atom. The van der Waals surface area contributed by atoms with Gasteiger partial charge in [-0.15, -0.1) is 0 Å². The number of rotatable bonds is 7. The van der Waals surface area contributed by atoms with Gasteiger partial charge in [0.1, 0.15) is 0 Å². The van der Waals surface area contributed by atoms with Gasteiger partial charge in [0, 0.05) is 11.1 Å². The Kier molecular flexibility index (Phi) is 6.22. The van der Waals surface area contributed by atoms with Crippen molar-refractivity contribution in [1.82, 2.24) is 0 Å². The molecule has 1 rings (SSSR count). The van der Waals surface area contributed by atoms with Crippen molar-refractivity contribution in [2.75, 3.05) is 25.7 Å². The van der Waals surface area contributed by atoms with E-state index in [0.29, 0.717) is 28.7 Å². The van der Waals surface area contributed by atoms with Crippen LogP contribution in [0.25, 0.3) is 0 Å². The summed E-state index contributed by atoms with van der Waals surface area (Å²) in [6, 6.07) is 3.21. The first kappa shape index (κ1) is 14.2. The summed E-state index contributed by atoms with van der Waals surface area (Å²) in [4.78, 5) is 10.9. The molecule has 0 unspecified atom stereocenters. The fourth-order valence-corrected chi connectivity index (χ4v) is 1.98. The third-order valence-corrected chi connectivity index (χ3v) is 3.05. The summed E-state index contributed by atoms with van der Waals surface area (Å²) in [5.41, 5.74) is 0.415. The summed E-state index contributed by atoms with van der Waals surface area (Å²) in [7, 11) is 1.52. The molecule has 0 saturated carbocycles. The van der Waals surface area contributed by atoms with E-state index in [0.717, 1.165) is 18.5 Å². The van der Waals surface area contributed by atoms with E-state index in [1.807, 2.05) is 6.26 Å². The van der Waals surface area contributed by atoms with Crippen molar-refractivity contribution in [3.63, 3.8) is 0 Å². The van der Waals surface area contributed by atoms with Gasteiger partial charge in [0.2, 0.25) is 0 Å². The highest BCUT2D eigenvalue weighted by molar-refractivity contribution is 7.98. The average molecular weight is 275 g/mol. The highest BCUT2D eigenvalue weighted by Crippen LogP contribution is 2.33. The number of halogens is 1. The molecule has 0 aliphatic rings. The molecule has 0 fully saturated rings. The van der Waals surface area contributed by atoms with Gasteiger partial charge in [0.05, 0.1) is 19.3 Å². The Morgan fingerprint density at radius 2 is 2.24 bits per heavy atom. The van der Waals surface area contributed by atoms with Crippen LogP contribution in [0.3, 0.4) is 0 Å². The maximum atomic E-state index is 10.9. The molecule has 0 heterocycles. The van der Waals surface area contributed by atoms with E-state index < -0.39 is 0 Å². The number of hydrogen-bond acceptors (Lipinski definition) is 4. The van der Waals surface area contributed by atoms with Crippen molar-refractivity contribution in [1.29, 1.82) is 0 Å². The quantitative estimate of drug-likeness (QED) is 0.565. The number of benzene rings is 1. The number of carbonyl (C=O) groups excluding carboxylic acids is 1. The molecule has 0 spiro atoms. The maximum Gasteiger partial charge on any atom is 0.171 e. The van der Waals surface area contributed by atoms with Crippen LogP contribution >= 0.6 is 23.4 Å². The molecule has 17 heavy (non-hydrogen) atoms. The van der Waals surface area contributed by atoms with Crippen LogP contribution in [0.2, 0.25) is 5.02 Å². The van der Waals surface area contributed by atoms with Crippen molar-refractivity contribution in [3.05, 3.63) is 22.7 Å². The number of hydrogen-bond donors (Lipinski definition) is 0. The van der Waals surface area contributed by atoms with Gasteiger partial charge in [-0.25, -0.2) is 0 Å². The highest BCUT2D eigenvalue weighted by atomic mass is 35.5. The number of carbonyl (C=O) groups is 1. The standard InChI is InChI=1S/C12H15ClO3S/c1-15-11-7-10(13)6-9(8-14)12(11)16-4-3-5-17-2/h6-8H,3-5H2,1-2H3. The molecule has 3 nitrogen and oxygen atoms in total. The van der Waals surface area contributed by atoms with E-state index in [1.165, 1.54) is 7.11 Å². The molecule has 0 aliphatic heterocycles. The lowest BCUT2D eigenvalue weighted by Crippen LogP contribution is -2.03. The summed E-state index contributed by atoms with van der Waals surface area (Å²) >= 11 is 7.62. The molecule has 0 aliphatic carbocycles. The first-order chi connectivity index (χ1) is 8.22. The van der Waals surface area contributed by atoms with E-state index in [1.54, 1.807) is 23.9 Å². The lowest BCUT2D eigenvalue weighted by molar-refractivity contribution is 0.111. The molecule has 0 radical (unpaired) electrons. The number of thioether (sulfide) groups is 1. The van der Waals surface area contributed by atoms with Gasteiger partial charge in [-0.3, -0.25) is 4.79 Å². The van der Waals surface area contributed by atoms with E-state index in [4.69, 9.17) is 21.1 Å². The minimum absolute atomic E-state index is 0.415. The molecule has 0 saturated heterocycles. The Balaban J connectivity index is 2.83. The Hall–Kier alpha value is -0.870. The van der Waals surface area contributed by atoms with Crippen molar-refractivity contribution in [2.24, 2.45) is 0 Å². The van der Waals surface area contributed by atoms with Gasteiger partial charge in [-0.1, -0.05) is 11.6 Å². The lowest BCUT2D eigenvalue weighted by atomic mass is 10.2. The van der Waals surface area contributed by atoms with Crippen molar-refractivity contribution >= 4 is 29.6 Å². The Labute approximate surface area is 110 Å². The predicted octanol–water partition coefficient (Wildman–Crippen LogP) is 3.29. The molecular formula is C12H15ClO3S. The molecule has 5 heteroatoms. The third kappa shape index (κ3) is 4.13. The molecule has 0 N–H and O–H groups in total. The van der Waals surface area contributed by atoms with Gasteiger partial charge in [-0.05, 0) is 24.5 Å². The molecule has 94 valence electrons. The second-order valence-electron chi connectivity index (χ2n) is 3.34. The van der Waals surface area contributed by atoms with E-state index in [-0.39, 0.29) is 0 Å². The van der Waals surface area contributed by atoms with Crippen LogP contribution in [0, 0.1) is 0 Å². The molecule has 0 bridgehead atoms. The van der Waals surface area contributed by atoms with Gasteiger partial charge >= 0.3 is 0 Å². The minimum atomic E-state index is 0.415. The number of methoxy groups -OCH3 is 1. The second-order valence-corrected chi connectivity index (χ2v) is 4.76. The van der Waals surface area contributed by atoms with Crippen LogP contribution in [0.4, 0.5) is 0 Å². The molecule has 1 aromatic rings. The number of aldehydes is 1. The molecular weight excluding hydrogens is 260 g/mol. The lowest BCUT2D eigenvalue weighted by Gasteiger charge is -2.12. The molecule has 1 aromatic carbocycles. The SMILES string of the molecule is COc1cc(Cl)cc(C=O)c1OCCCSC. The van der Waals surface area contributed by atoms with E-state index in [9.17, 15) is 4.79 Å². The van der Waals surface area contributed by atoms with E-state index >= 15 is 0 Å². The fraction of sp³-hybridized carbons (Fsp3) is 0.417. The average Bonchev–Trinajstić information content (AvgIpc) is 2.35. The first-order valence-electron chi connectivity index (χ1n) is 5.17. The molecule has 0 aromatic heterocycles. The minimum Gasteiger partial charge on any atom is -0.493 e. The van der Waals surface area contributed by atoms with Crippen LogP contribution in [-0.4, -0.2) is 32.0 Å². The van der Waals surface area contributed by atoms with Crippen LogP contribution in [-0.2, 0) is 0 Å². The van der Waals surface area contributed by atoms with Gasteiger partial charge in [0.15, 0.2) is 17.8 Å². The summed E-state index contributed by atoms with van der Waals surface area (Å²) in [6.45, 7) is 0.555.